The molecule has 4 nitrogen and oxygen atoms in total. The first-order valence-electron chi connectivity index (χ1n) is 9.21. The Balaban J connectivity index is 2.92. The Morgan fingerprint density at radius 2 is 1.76 bits per heavy atom. The number of piperidine rings is 1. The van der Waals surface area contributed by atoms with Crippen molar-refractivity contribution in [3.8, 4) is 0 Å². The third-order valence-electron chi connectivity index (χ3n) is 4.79. The van der Waals surface area contributed by atoms with Crippen LogP contribution >= 0.6 is 0 Å². The molecule has 0 radical (unpaired) electrons. The first kappa shape index (κ1) is 21.8. The van der Waals surface area contributed by atoms with Crippen molar-refractivity contribution >= 4 is 6.34 Å². The molecule has 7 heteroatoms. The van der Waals surface area contributed by atoms with Crippen LogP contribution in [0.1, 0.15) is 47.0 Å². The van der Waals surface area contributed by atoms with Crippen LogP contribution in [0.5, 0.6) is 0 Å². The number of hydrogen-bond donors (Lipinski definition) is 0. The molecular weight excluding hydrogens is 329 g/mol. The highest BCUT2D eigenvalue weighted by molar-refractivity contribution is 5.58. The van der Waals surface area contributed by atoms with Crippen molar-refractivity contribution in [1.82, 2.24) is 14.7 Å². The Labute approximate surface area is 150 Å². The van der Waals surface area contributed by atoms with E-state index >= 15 is 0 Å². The van der Waals surface area contributed by atoms with Crippen molar-refractivity contribution in [2.45, 2.75) is 59.2 Å². The lowest BCUT2D eigenvalue weighted by Crippen LogP contribution is -2.49. The van der Waals surface area contributed by atoms with Crippen LogP contribution in [0, 0.1) is 0 Å². The topological polar surface area (TPSA) is 22.1 Å². The number of alkyl halides is 3. The van der Waals surface area contributed by atoms with Gasteiger partial charge in [-0.1, -0.05) is 6.92 Å². The van der Waals surface area contributed by atoms with E-state index in [1.54, 1.807) is 7.05 Å². The summed E-state index contributed by atoms with van der Waals surface area (Å²) < 4.78 is 37.8. The third-order valence-corrected chi connectivity index (χ3v) is 4.79. The van der Waals surface area contributed by atoms with E-state index in [-0.39, 0.29) is 6.04 Å². The van der Waals surface area contributed by atoms with Gasteiger partial charge in [0.1, 0.15) is 5.82 Å². The largest absolute Gasteiger partial charge is 0.401 e. The SMILES string of the molecule is CC/C(C)=C(\N(/C=N\C)CC)N(CC)C1CCN(CC(F)(F)F)CC1. The van der Waals surface area contributed by atoms with E-state index in [2.05, 4.69) is 42.5 Å². The molecule has 0 aliphatic carbocycles. The van der Waals surface area contributed by atoms with E-state index in [9.17, 15) is 13.2 Å². The minimum absolute atomic E-state index is 0.269. The van der Waals surface area contributed by atoms with Crippen molar-refractivity contribution in [3.63, 3.8) is 0 Å². The summed E-state index contributed by atoms with van der Waals surface area (Å²) in [6, 6.07) is 0.269. The van der Waals surface area contributed by atoms with E-state index < -0.39 is 12.7 Å². The van der Waals surface area contributed by atoms with E-state index in [0.29, 0.717) is 13.1 Å². The lowest BCUT2D eigenvalue weighted by atomic mass is 10.0. The molecule has 0 aromatic rings. The zero-order chi connectivity index (χ0) is 19.0. The maximum Gasteiger partial charge on any atom is 0.401 e. The molecule has 1 aliphatic heterocycles. The van der Waals surface area contributed by atoms with Gasteiger partial charge in [0.05, 0.1) is 12.9 Å². The fourth-order valence-electron chi connectivity index (χ4n) is 3.46. The third kappa shape index (κ3) is 6.53. The quantitative estimate of drug-likeness (QED) is 0.482. The molecular formula is C18H33F3N4. The number of allylic oxidation sites excluding steroid dienone is 1. The molecule has 25 heavy (non-hydrogen) atoms. The molecule has 0 aromatic carbocycles. The zero-order valence-electron chi connectivity index (χ0n) is 16.2. The van der Waals surface area contributed by atoms with Gasteiger partial charge in [0.2, 0.25) is 0 Å². The number of hydrogen-bond acceptors (Lipinski definition) is 3. The molecule has 1 aliphatic rings. The van der Waals surface area contributed by atoms with Crippen LogP contribution in [0.15, 0.2) is 16.4 Å². The summed E-state index contributed by atoms with van der Waals surface area (Å²) in [5.74, 6) is 1.16. The van der Waals surface area contributed by atoms with Crippen LogP contribution in [-0.2, 0) is 0 Å². The van der Waals surface area contributed by atoms with Gasteiger partial charge in [-0.25, -0.2) is 0 Å². The molecule has 146 valence electrons. The molecule has 1 heterocycles. The summed E-state index contributed by atoms with van der Waals surface area (Å²) in [5.41, 5.74) is 1.28. The number of halogens is 3. The summed E-state index contributed by atoms with van der Waals surface area (Å²) in [5, 5.41) is 0. The average Bonchev–Trinajstić information content (AvgIpc) is 2.57. The van der Waals surface area contributed by atoms with Crippen LogP contribution in [0.4, 0.5) is 13.2 Å². The highest BCUT2D eigenvalue weighted by atomic mass is 19.4. The van der Waals surface area contributed by atoms with Crippen molar-refractivity contribution in [2.24, 2.45) is 4.99 Å². The highest BCUT2D eigenvalue weighted by Gasteiger charge is 2.34. The second-order valence-corrected chi connectivity index (χ2v) is 6.53. The van der Waals surface area contributed by atoms with Crippen LogP contribution in [0.3, 0.4) is 0 Å². The van der Waals surface area contributed by atoms with Gasteiger partial charge < -0.3 is 9.80 Å². The number of rotatable bonds is 8. The summed E-state index contributed by atoms with van der Waals surface area (Å²) in [6.45, 7) is 10.3. The monoisotopic (exact) mass is 362 g/mol. The van der Waals surface area contributed by atoms with Crippen LogP contribution < -0.4 is 0 Å². The molecule has 0 amide bonds. The molecule has 0 saturated carbocycles. The normalized spacial score (nSPS) is 18.6. The maximum absolute atomic E-state index is 12.6. The Kier molecular flexibility index (Phi) is 8.76. The van der Waals surface area contributed by atoms with Gasteiger partial charge in [0.25, 0.3) is 0 Å². The van der Waals surface area contributed by atoms with Crippen LogP contribution in [0.25, 0.3) is 0 Å². The first-order chi connectivity index (χ1) is 11.8. The van der Waals surface area contributed by atoms with Gasteiger partial charge in [-0.2, -0.15) is 13.2 Å². The molecule has 1 rings (SSSR count). The smallest absolute Gasteiger partial charge is 0.355 e. The molecule has 0 spiro atoms. The van der Waals surface area contributed by atoms with E-state index in [1.165, 1.54) is 10.5 Å². The number of aliphatic imine (C=N–C) groups is 1. The summed E-state index contributed by atoms with van der Waals surface area (Å²) in [4.78, 5) is 10.2. The summed E-state index contributed by atoms with van der Waals surface area (Å²) >= 11 is 0. The molecule has 1 fully saturated rings. The van der Waals surface area contributed by atoms with Crippen molar-refractivity contribution in [3.05, 3.63) is 11.4 Å². The Morgan fingerprint density at radius 3 is 2.16 bits per heavy atom. The molecule has 0 unspecified atom stereocenters. The van der Waals surface area contributed by atoms with Gasteiger partial charge in [0, 0.05) is 39.3 Å². The van der Waals surface area contributed by atoms with Crippen LogP contribution in [0.2, 0.25) is 0 Å². The molecule has 0 aromatic heterocycles. The van der Waals surface area contributed by atoms with Crippen molar-refractivity contribution in [1.29, 1.82) is 0 Å². The van der Waals surface area contributed by atoms with Gasteiger partial charge >= 0.3 is 6.18 Å². The van der Waals surface area contributed by atoms with Gasteiger partial charge in [-0.15, -0.1) is 0 Å². The fourth-order valence-corrected chi connectivity index (χ4v) is 3.46. The minimum Gasteiger partial charge on any atom is -0.355 e. The lowest BCUT2D eigenvalue weighted by molar-refractivity contribution is -0.148. The summed E-state index contributed by atoms with van der Waals surface area (Å²) in [6.07, 6.45) is 0.178. The molecule has 0 bridgehead atoms. The molecule has 0 N–H and O–H groups in total. The fraction of sp³-hybridized carbons (Fsp3) is 0.833. The average molecular weight is 362 g/mol. The highest BCUT2D eigenvalue weighted by Crippen LogP contribution is 2.27. The number of likely N-dealkylation sites (tertiary alicyclic amines) is 1. The van der Waals surface area contributed by atoms with Crippen molar-refractivity contribution in [2.75, 3.05) is 39.8 Å². The Morgan fingerprint density at radius 1 is 1.16 bits per heavy atom. The molecule has 0 atom stereocenters. The van der Waals surface area contributed by atoms with Crippen LogP contribution in [-0.4, -0.2) is 73.0 Å². The van der Waals surface area contributed by atoms with Gasteiger partial charge in [-0.05, 0) is 45.6 Å². The van der Waals surface area contributed by atoms with E-state index in [4.69, 9.17) is 0 Å². The Bertz CT molecular complexity index is 452. The predicted octanol–water partition coefficient (Wildman–Crippen LogP) is 3.96. The minimum atomic E-state index is -4.11. The van der Waals surface area contributed by atoms with E-state index in [0.717, 1.165) is 38.2 Å². The zero-order valence-corrected chi connectivity index (χ0v) is 16.2. The molecule has 1 saturated heterocycles. The second-order valence-electron chi connectivity index (χ2n) is 6.53. The lowest BCUT2D eigenvalue weighted by Gasteiger charge is -2.43. The Hall–Kier alpha value is -1.24. The predicted molar refractivity (Wildman–Crippen MR) is 97.7 cm³/mol. The maximum atomic E-state index is 12.6. The van der Waals surface area contributed by atoms with E-state index in [1.807, 2.05) is 6.34 Å². The van der Waals surface area contributed by atoms with Gasteiger partial charge in [-0.3, -0.25) is 9.89 Å². The van der Waals surface area contributed by atoms with Crippen molar-refractivity contribution < 1.29 is 13.2 Å². The second kappa shape index (κ2) is 10.0. The first-order valence-corrected chi connectivity index (χ1v) is 9.21. The summed E-state index contributed by atoms with van der Waals surface area (Å²) in [7, 11) is 1.76. The van der Waals surface area contributed by atoms with Gasteiger partial charge in [0.15, 0.2) is 0 Å². The number of nitrogens with zero attached hydrogens (tertiary/aromatic N) is 4. The standard InChI is InChI=1S/C18H33F3N4/c1-6-15(4)17(24(7-2)14-22-5)25(8-3)16-9-11-23(12-10-16)13-18(19,20)21/h14,16H,6-13H2,1-5H3/b17-15+,22-14-.